The van der Waals surface area contributed by atoms with Crippen molar-refractivity contribution in [2.45, 2.75) is 19.3 Å². The number of benzene rings is 1. The predicted molar refractivity (Wildman–Crippen MR) is 81.5 cm³/mol. The van der Waals surface area contributed by atoms with Crippen LogP contribution in [0.3, 0.4) is 0 Å². The van der Waals surface area contributed by atoms with Crippen LogP contribution >= 0.6 is 0 Å². The van der Waals surface area contributed by atoms with Crippen LogP contribution in [-0.2, 0) is 0 Å². The molecule has 20 heavy (non-hydrogen) atoms. The molecule has 3 heteroatoms. The first-order valence-electron chi connectivity index (χ1n) is 7.70. The summed E-state index contributed by atoms with van der Waals surface area (Å²) in [5.41, 5.74) is 0.757. The van der Waals surface area contributed by atoms with E-state index in [0.717, 1.165) is 37.8 Å². The molecule has 108 valence electrons. The molecular weight excluding hydrogens is 251 g/mol. The van der Waals surface area contributed by atoms with Crippen LogP contribution in [0, 0.1) is 11.7 Å². The van der Waals surface area contributed by atoms with Crippen molar-refractivity contribution in [3.63, 3.8) is 0 Å². The molecule has 1 aromatic rings. The van der Waals surface area contributed by atoms with Crippen LogP contribution in [0.15, 0.2) is 36.4 Å². The van der Waals surface area contributed by atoms with Gasteiger partial charge in [0.25, 0.3) is 0 Å². The number of hydrogen-bond donors (Lipinski definition) is 0. The van der Waals surface area contributed by atoms with E-state index in [1.807, 2.05) is 12.1 Å². The molecule has 1 saturated heterocycles. The summed E-state index contributed by atoms with van der Waals surface area (Å²) >= 11 is 0. The SMILES string of the molecule is Fc1ccccc1N1CCN(C[C@H]2CC=CCC2)CC1. The van der Waals surface area contributed by atoms with Gasteiger partial charge in [-0.05, 0) is 37.3 Å². The van der Waals surface area contributed by atoms with Crippen molar-refractivity contribution in [3.05, 3.63) is 42.2 Å². The Kier molecular flexibility index (Phi) is 4.36. The fourth-order valence-corrected chi connectivity index (χ4v) is 3.27. The molecule has 1 fully saturated rings. The molecule has 0 saturated carbocycles. The van der Waals surface area contributed by atoms with Gasteiger partial charge in [-0.2, -0.15) is 0 Å². The minimum atomic E-state index is -0.0987. The lowest BCUT2D eigenvalue weighted by atomic mass is 9.94. The summed E-state index contributed by atoms with van der Waals surface area (Å²) < 4.78 is 13.8. The average molecular weight is 274 g/mol. The maximum atomic E-state index is 13.8. The summed E-state index contributed by atoms with van der Waals surface area (Å²) in [4.78, 5) is 4.72. The van der Waals surface area contributed by atoms with Gasteiger partial charge >= 0.3 is 0 Å². The second-order valence-electron chi connectivity index (χ2n) is 5.89. The van der Waals surface area contributed by atoms with Crippen molar-refractivity contribution < 1.29 is 4.39 Å². The molecule has 1 aromatic carbocycles. The summed E-state index contributed by atoms with van der Waals surface area (Å²) in [6.45, 7) is 5.17. The van der Waals surface area contributed by atoms with E-state index < -0.39 is 0 Å². The largest absolute Gasteiger partial charge is 0.367 e. The number of halogens is 1. The van der Waals surface area contributed by atoms with Crippen LogP contribution in [0.1, 0.15) is 19.3 Å². The number of anilines is 1. The third-order valence-electron chi connectivity index (χ3n) is 4.46. The van der Waals surface area contributed by atoms with Crippen LogP contribution in [0.25, 0.3) is 0 Å². The highest BCUT2D eigenvalue weighted by molar-refractivity contribution is 5.47. The molecule has 0 spiro atoms. The second-order valence-corrected chi connectivity index (χ2v) is 5.89. The quantitative estimate of drug-likeness (QED) is 0.780. The van der Waals surface area contributed by atoms with Crippen LogP contribution in [0.2, 0.25) is 0 Å². The fourth-order valence-electron chi connectivity index (χ4n) is 3.27. The maximum Gasteiger partial charge on any atom is 0.146 e. The number of allylic oxidation sites excluding steroid dienone is 2. The van der Waals surface area contributed by atoms with E-state index in [1.165, 1.54) is 25.8 Å². The van der Waals surface area contributed by atoms with Gasteiger partial charge in [0, 0.05) is 32.7 Å². The minimum Gasteiger partial charge on any atom is -0.367 e. The third kappa shape index (κ3) is 3.21. The number of para-hydroxylation sites is 1. The van der Waals surface area contributed by atoms with Gasteiger partial charge in [0.05, 0.1) is 5.69 Å². The van der Waals surface area contributed by atoms with Gasteiger partial charge in [0.15, 0.2) is 0 Å². The summed E-state index contributed by atoms with van der Waals surface area (Å²) in [5.74, 6) is 0.721. The van der Waals surface area contributed by atoms with Crippen LogP contribution < -0.4 is 4.90 Å². The molecule has 0 bridgehead atoms. The Labute approximate surface area is 120 Å². The van der Waals surface area contributed by atoms with E-state index in [0.29, 0.717) is 0 Å². The highest BCUT2D eigenvalue weighted by Crippen LogP contribution is 2.22. The topological polar surface area (TPSA) is 6.48 Å². The Morgan fingerprint density at radius 2 is 1.85 bits per heavy atom. The minimum absolute atomic E-state index is 0.0987. The standard InChI is InChI=1S/C17H23FN2/c18-16-8-4-5-9-17(16)20-12-10-19(11-13-20)14-15-6-2-1-3-7-15/h1-2,4-5,8-9,15H,3,6-7,10-14H2/t15-/m0/s1. The van der Waals surface area contributed by atoms with E-state index in [1.54, 1.807) is 12.1 Å². The highest BCUT2D eigenvalue weighted by Gasteiger charge is 2.21. The Balaban J connectivity index is 1.52. The summed E-state index contributed by atoms with van der Waals surface area (Å²) in [6, 6.07) is 7.11. The Bertz CT molecular complexity index is 464. The van der Waals surface area contributed by atoms with Crippen molar-refractivity contribution in [1.29, 1.82) is 0 Å². The van der Waals surface area contributed by atoms with Gasteiger partial charge in [0.2, 0.25) is 0 Å². The zero-order chi connectivity index (χ0) is 13.8. The molecular formula is C17H23FN2. The molecule has 3 rings (SSSR count). The molecule has 0 amide bonds. The van der Waals surface area contributed by atoms with Gasteiger partial charge in [-0.25, -0.2) is 4.39 Å². The monoisotopic (exact) mass is 274 g/mol. The van der Waals surface area contributed by atoms with E-state index >= 15 is 0 Å². The molecule has 1 atom stereocenters. The fraction of sp³-hybridized carbons (Fsp3) is 0.529. The maximum absolute atomic E-state index is 13.8. The molecule has 1 heterocycles. The Hall–Kier alpha value is -1.35. The third-order valence-corrected chi connectivity index (χ3v) is 4.46. The van der Waals surface area contributed by atoms with E-state index in [4.69, 9.17) is 0 Å². The average Bonchev–Trinajstić information content (AvgIpc) is 2.50. The lowest BCUT2D eigenvalue weighted by Crippen LogP contribution is -2.48. The van der Waals surface area contributed by atoms with Gasteiger partial charge in [-0.1, -0.05) is 24.3 Å². The molecule has 0 aromatic heterocycles. The highest BCUT2D eigenvalue weighted by atomic mass is 19.1. The smallest absolute Gasteiger partial charge is 0.146 e. The van der Waals surface area contributed by atoms with E-state index in [2.05, 4.69) is 22.0 Å². The zero-order valence-electron chi connectivity index (χ0n) is 12.0. The van der Waals surface area contributed by atoms with E-state index in [9.17, 15) is 4.39 Å². The molecule has 0 unspecified atom stereocenters. The lowest BCUT2D eigenvalue weighted by molar-refractivity contribution is 0.211. The van der Waals surface area contributed by atoms with Gasteiger partial charge in [-0.15, -0.1) is 0 Å². The van der Waals surface area contributed by atoms with Crippen molar-refractivity contribution >= 4 is 5.69 Å². The summed E-state index contributed by atoms with van der Waals surface area (Å²) in [6.07, 6.45) is 8.41. The Morgan fingerprint density at radius 3 is 2.55 bits per heavy atom. The van der Waals surface area contributed by atoms with Gasteiger partial charge < -0.3 is 4.90 Å². The van der Waals surface area contributed by atoms with Crippen molar-refractivity contribution in [1.82, 2.24) is 4.90 Å². The van der Waals surface area contributed by atoms with E-state index in [-0.39, 0.29) is 5.82 Å². The number of rotatable bonds is 3. The van der Waals surface area contributed by atoms with Crippen LogP contribution in [-0.4, -0.2) is 37.6 Å². The summed E-state index contributed by atoms with van der Waals surface area (Å²) in [5, 5.41) is 0. The summed E-state index contributed by atoms with van der Waals surface area (Å²) in [7, 11) is 0. The molecule has 2 nitrogen and oxygen atoms in total. The van der Waals surface area contributed by atoms with Crippen molar-refractivity contribution in [2.24, 2.45) is 5.92 Å². The zero-order valence-corrected chi connectivity index (χ0v) is 12.0. The number of nitrogens with zero attached hydrogens (tertiary/aromatic N) is 2. The van der Waals surface area contributed by atoms with Crippen LogP contribution in [0.5, 0.6) is 0 Å². The normalized spacial score (nSPS) is 24.1. The molecule has 2 aliphatic rings. The number of hydrogen-bond acceptors (Lipinski definition) is 2. The van der Waals surface area contributed by atoms with Crippen molar-refractivity contribution in [2.75, 3.05) is 37.6 Å². The van der Waals surface area contributed by atoms with Gasteiger partial charge in [0.1, 0.15) is 5.82 Å². The van der Waals surface area contributed by atoms with Gasteiger partial charge in [-0.3, -0.25) is 4.90 Å². The number of piperazine rings is 1. The molecule has 1 aliphatic carbocycles. The lowest BCUT2D eigenvalue weighted by Gasteiger charge is -2.38. The van der Waals surface area contributed by atoms with Crippen LogP contribution in [0.4, 0.5) is 10.1 Å². The molecule has 1 aliphatic heterocycles. The first-order valence-corrected chi connectivity index (χ1v) is 7.70. The second kappa shape index (κ2) is 6.40. The first kappa shape index (κ1) is 13.6. The Morgan fingerprint density at radius 1 is 1.05 bits per heavy atom. The molecule has 0 N–H and O–H groups in total. The van der Waals surface area contributed by atoms with Crippen molar-refractivity contribution in [3.8, 4) is 0 Å². The predicted octanol–water partition coefficient (Wildman–Crippen LogP) is 3.30. The molecule has 0 radical (unpaired) electrons. The first-order chi connectivity index (χ1) is 9.83.